The lowest BCUT2D eigenvalue weighted by Crippen LogP contribution is -2.52. The summed E-state index contributed by atoms with van der Waals surface area (Å²) in [6, 6.07) is 6.14. The Bertz CT molecular complexity index is 720. The molecule has 0 aromatic heterocycles. The molecule has 26 heavy (non-hydrogen) atoms. The first-order chi connectivity index (χ1) is 12.6. The molecule has 0 spiro atoms. The average molecular weight is 358 g/mol. The summed E-state index contributed by atoms with van der Waals surface area (Å²) in [5.74, 6) is 1.16. The van der Waals surface area contributed by atoms with E-state index in [1.54, 1.807) is 14.0 Å². The van der Waals surface area contributed by atoms with Crippen LogP contribution in [0.3, 0.4) is 0 Å². The highest BCUT2D eigenvalue weighted by Crippen LogP contribution is 2.31. The van der Waals surface area contributed by atoms with Gasteiger partial charge in [0.1, 0.15) is 5.75 Å². The second-order valence-corrected chi connectivity index (χ2v) is 7.51. The van der Waals surface area contributed by atoms with E-state index in [4.69, 9.17) is 9.47 Å². The normalized spacial score (nSPS) is 27.7. The number of ether oxygens (including phenoxy) is 2. The number of nitrogens with zero attached hydrogens (tertiary/aromatic N) is 2. The van der Waals surface area contributed by atoms with E-state index < -0.39 is 0 Å². The zero-order chi connectivity index (χ0) is 18.3. The van der Waals surface area contributed by atoms with Gasteiger partial charge in [-0.15, -0.1) is 0 Å². The van der Waals surface area contributed by atoms with Gasteiger partial charge in [-0.25, -0.2) is 0 Å². The molecule has 0 saturated carbocycles. The molecule has 1 aromatic rings. The SMILES string of the molecule is COc1ccc2c(c1)CCC(C(=O)N1CC3OCCN(C(C)=O)C3C1)C2. The summed E-state index contributed by atoms with van der Waals surface area (Å²) in [6.45, 7) is 3.96. The summed E-state index contributed by atoms with van der Waals surface area (Å²) in [6.07, 6.45) is 2.50. The molecule has 2 heterocycles. The zero-order valence-corrected chi connectivity index (χ0v) is 15.4. The standard InChI is InChI=1S/C20H26N2O4/c1-13(23)22-7-8-26-19-12-21(11-18(19)22)20(24)16-4-3-15-10-17(25-2)6-5-14(15)9-16/h5-6,10,16,18-19H,3-4,7-9,11-12H2,1-2H3. The van der Waals surface area contributed by atoms with Crippen molar-refractivity contribution in [1.29, 1.82) is 0 Å². The van der Waals surface area contributed by atoms with Crippen molar-refractivity contribution in [2.75, 3.05) is 33.4 Å². The number of methoxy groups -OCH3 is 1. The first-order valence-corrected chi connectivity index (χ1v) is 9.40. The fourth-order valence-corrected chi connectivity index (χ4v) is 4.59. The minimum Gasteiger partial charge on any atom is -0.497 e. The molecule has 2 saturated heterocycles. The predicted molar refractivity (Wildman–Crippen MR) is 96.0 cm³/mol. The molecule has 6 heteroatoms. The first-order valence-electron chi connectivity index (χ1n) is 9.40. The second kappa shape index (κ2) is 6.91. The highest BCUT2D eigenvalue weighted by Gasteiger charge is 2.44. The smallest absolute Gasteiger partial charge is 0.226 e. The number of fused-ring (bicyclic) bond motifs is 2. The maximum absolute atomic E-state index is 13.1. The molecule has 140 valence electrons. The Balaban J connectivity index is 1.44. The molecular weight excluding hydrogens is 332 g/mol. The number of hydrogen-bond acceptors (Lipinski definition) is 4. The lowest BCUT2D eigenvalue weighted by molar-refractivity contribution is -0.140. The van der Waals surface area contributed by atoms with Gasteiger partial charge in [-0.3, -0.25) is 9.59 Å². The fourth-order valence-electron chi connectivity index (χ4n) is 4.59. The molecular formula is C20H26N2O4. The fraction of sp³-hybridized carbons (Fsp3) is 0.600. The van der Waals surface area contributed by atoms with Gasteiger partial charge >= 0.3 is 0 Å². The summed E-state index contributed by atoms with van der Waals surface area (Å²) in [5, 5.41) is 0. The molecule has 4 rings (SSSR count). The maximum atomic E-state index is 13.1. The molecule has 0 radical (unpaired) electrons. The Morgan fingerprint density at radius 2 is 2.08 bits per heavy atom. The molecule has 1 aromatic carbocycles. The number of aryl methyl sites for hydroxylation is 1. The van der Waals surface area contributed by atoms with Crippen LogP contribution in [0.15, 0.2) is 18.2 Å². The molecule has 0 N–H and O–H groups in total. The first kappa shape index (κ1) is 17.3. The molecule has 0 bridgehead atoms. The molecule has 3 unspecified atom stereocenters. The summed E-state index contributed by atoms with van der Waals surface area (Å²) in [4.78, 5) is 28.7. The van der Waals surface area contributed by atoms with Crippen LogP contribution in [-0.4, -0.2) is 67.1 Å². The number of likely N-dealkylation sites (tertiary alicyclic amines) is 1. The van der Waals surface area contributed by atoms with Gasteiger partial charge < -0.3 is 19.3 Å². The third-order valence-electron chi connectivity index (χ3n) is 6.01. The Labute approximate surface area is 154 Å². The van der Waals surface area contributed by atoms with Gasteiger partial charge in [-0.05, 0) is 42.5 Å². The molecule has 3 atom stereocenters. The van der Waals surface area contributed by atoms with Gasteiger partial charge in [0.2, 0.25) is 11.8 Å². The van der Waals surface area contributed by atoms with E-state index in [1.165, 1.54) is 11.1 Å². The second-order valence-electron chi connectivity index (χ2n) is 7.51. The number of hydrogen-bond donors (Lipinski definition) is 0. The van der Waals surface area contributed by atoms with Gasteiger partial charge in [0, 0.05) is 32.5 Å². The van der Waals surface area contributed by atoms with E-state index in [9.17, 15) is 9.59 Å². The molecule has 3 aliphatic rings. The number of rotatable bonds is 2. The molecule has 6 nitrogen and oxygen atoms in total. The van der Waals surface area contributed by atoms with Gasteiger partial charge in [0.25, 0.3) is 0 Å². The van der Waals surface area contributed by atoms with Crippen LogP contribution in [0.4, 0.5) is 0 Å². The summed E-state index contributed by atoms with van der Waals surface area (Å²) in [5.41, 5.74) is 2.53. The van der Waals surface area contributed by atoms with Crippen molar-refractivity contribution in [3.8, 4) is 5.75 Å². The van der Waals surface area contributed by atoms with Gasteiger partial charge in [-0.1, -0.05) is 6.07 Å². The minimum absolute atomic E-state index is 0.00494. The van der Waals surface area contributed by atoms with E-state index in [-0.39, 0.29) is 29.9 Å². The Kier molecular flexibility index (Phi) is 4.61. The Morgan fingerprint density at radius 3 is 2.85 bits per heavy atom. The zero-order valence-electron chi connectivity index (χ0n) is 15.4. The minimum atomic E-state index is -0.0447. The van der Waals surface area contributed by atoms with E-state index >= 15 is 0 Å². The van der Waals surface area contributed by atoms with Crippen LogP contribution in [0.2, 0.25) is 0 Å². The third kappa shape index (κ3) is 3.07. The number of carbonyl (C=O) groups excluding carboxylic acids is 2. The van der Waals surface area contributed by atoms with Crippen LogP contribution >= 0.6 is 0 Å². The summed E-state index contributed by atoms with van der Waals surface area (Å²) < 4.78 is 11.1. The van der Waals surface area contributed by atoms with Gasteiger partial charge in [-0.2, -0.15) is 0 Å². The van der Waals surface area contributed by atoms with Crippen molar-refractivity contribution in [3.05, 3.63) is 29.3 Å². The molecule has 2 amide bonds. The number of amides is 2. The summed E-state index contributed by atoms with van der Waals surface area (Å²) >= 11 is 0. The Hall–Kier alpha value is -2.08. The van der Waals surface area contributed by atoms with Gasteiger partial charge in [0.05, 0.1) is 25.9 Å². The average Bonchev–Trinajstić information content (AvgIpc) is 3.10. The Morgan fingerprint density at radius 1 is 1.23 bits per heavy atom. The van der Waals surface area contributed by atoms with E-state index in [2.05, 4.69) is 12.1 Å². The molecule has 1 aliphatic carbocycles. The van der Waals surface area contributed by atoms with E-state index in [0.29, 0.717) is 26.2 Å². The quantitative estimate of drug-likeness (QED) is 0.799. The lowest BCUT2D eigenvalue weighted by Gasteiger charge is -2.36. The third-order valence-corrected chi connectivity index (χ3v) is 6.01. The largest absolute Gasteiger partial charge is 0.497 e. The predicted octanol–water partition coefficient (Wildman–Crippen LogP) is 1.26. The van der Waals surface area contributed by atoms with Crippen LogP contribution in [-0.2, 0) is 27.2 Å². The van der Waals surface area contributed by atoms with Crippen molar-refractivity contribution in [2.24, 2.45) is 5.92 Å². The van der Waals surface area contributed by atoms with Crippen LogP contribution in [0.1, 0.15) is 24.5 Å². The summed E-state index contributed by atoms with van der Waals surface area (Å²) in [7, 11) is 1.68. The highest BCUT2D eigenvalue weighted by molar-refractivity contribution is 5.80. The van der Waals surface area contributed by atoms with Crippen LogP contribution < -0.4 is 4.74 Å². The van der Waals surface area contributed by atoms with Crippen molar-refractivity contribution in [2.45, 2.75) is 38.3 Å². The highest BCUT2D eigenvalue weighted by atomic mass is 16.5. The molecule has 2 fully saturated rings. The van der Waals surface area contributed by atoms with Crippen molar-refractivity contribution in [1.82, 2.24) is 9.80 Å². The monoisotopic (exact) mass is 358 g/mol. The number of morpholine rings is 1. The van der Waals surface area contributed by atoms with Crippen LogP contribution in [0, 0.1) is 5.92 Å². The van der Waals surface area contributed by atoms with Crippen LogP contribution in [0.5, 0.6) is 5.75 Å². The van der Waals surface area contributed by atoms with Crippen molar-refractivity contribution >= 4 is 11.8 Å². The van der Waals surface area contributed by atoms with E-state index in [1.807, 2.05) is 15.9 Å². The molecule has 2 aliphatic heterocycles. The lowest BCUT2D eigenvalue weighted by atomic mass is 9.83. The van der Waals surface area contributed by atoms with Crippen molar-refractivity contribution in [3.63, 3.8) is 0 Å². The van der Waals surface area contributed by atoms with Crippen LogP contribution in [0.25, 0.3) is 0 Å². The topological polar surface area (TPSA) is 59.1 Å². The van der Waals surface area contributed by atoms with E-state index in [0.717, 1.165) is 25.0 Å². The number of benzene rings is 1. The van der Waals surface area contributed by atoms with Crippen molar-refractivity contribution < 1.29 is 19.1 Å². The van der Waals surface area contributed by atoms with Gasteiger partial charge in [0.15, 0.2) is 0 Å². The maximum Gasteiger partial charge on any atom is 0.226 e. The number of carbonyl (C=O) groups is 2.